The quantitative estimate of drug-likeness (QED) is 0.760. The molecule has 5 nitrogen and oxygen atoms in total. The molecule has 1 aromatic heterocycles. The first-order valence-electron chi connectivity index (χ1n) is 7.65. The largest absolute Gasteiger partial charge is 0.324 e. The topological polar surface area (TPSA) is 66.9 Å². The van der Waals surface area contributed by atoms with Crippen LogP contribution in [0.5, 0.6) is 0 Å². The number of anilines is 3. The van der Waals surface area contributed by atoms with E-state index in [0.29, 0.717) is 11.6 Å². The van der Waals surface area contributed by atoms with Crippen LogP contribution in [0.3, 0.4) is 0 Å². The molecule has 1 heterocycles. The summed E-state index contributed by atoms with van der Waals surface area (Å²) in [4.78, 5) is 20.7. The summed E-state index contributed by atoms with van der Waals surface area (Å²) < 4.78 is 0. The highest BCUT2D eigenvalue weighted by Gasteiger charge is 2.09. The fourth-order valence-corrected chi connectivity index (χ4v) is 2.21. The van der Waals surface area contributed by atoms with Crippen molar-refractivity contribution < 1.29 is 4.79 Å². The Balaban J connectivity index is 1.76. The van der Waals surface area contributed by atoms with Gasteiger partial charge < -0.3 is 10.6 Å². The summed E-state index contributed by atoms with van der Waals surface area (Å²) in [7, 11) is 0. The van der Waals surface area contributed by atoms with Crippen molar-refractivity contribution >= 4 is 23.2 Å². The number of hydrogen-bond acceptors (Lipinski definition) is 4. The lowest BCUT2D eigenvalue weighted by Crippen LogP contribution is -2.14. The molecule has 2 aromatic carbocycles. The number of aryl methyl sites for hydroxylation is 2. The lowest BCUT2D eigenvalue weighted by atomic mass is 10.1. The summed E-state index contributed by atoms with van der Waals surface area (Å²) in [5, 5.41) is 5.94. The SMILES string of the molecule is Cc1ccc(Nc2nccc(C(=O)Nc3ccccc3)n2)cc1C. The van der Waals surface area contributed by atoms with E-state index in [0.717, 1.165) is 11.4 Å². The second kappa shape index (κ2) is 6.91. The summed E-state index contributed by atoms with van der Waals surface area (Å²) in [5.41, 5.74) is 4.32. The molecule has 0 aliphatic carbocycles. The minimum atomic E-state index is -0.272. The van der Waals surface area contributed by atoms with Crippen molar-refractivity contribution in [2.45, 2.75) is 13.8 Å². The maximum absolute atomic E-state index is 12.3. The fourth-order valence-electron chi connectivity index (χ4n) is 2.21. The van der Waals surface area contributed by atoms with Crippen LogP contribution in [0.4, 0.5) is 17.3 Å². The van der Waals surface area contributed by atoms with E-state index in [1.54, 1.807) is 12.3 Å². The molecule has 0 aliphatic rings. The number of benzene rings is 2. The van der Waals surface area contributed by atoms with Gasteiger partial charge in [0.2, 0.25) is 5.95 Å². The predicted molar refractivity (Wildman–Crippen MR) is 95.6 cm³/mol. The molecule has 3 rings (SSSR count). The van der Waals surface area contributed by atoms with E-state index in [9.17, 15) is 4.79 Å². The van der Waals surface area contributed by atoms with E-state index >= 15 is 0 Å². The van der Waals surface area contributed by atoms with Gasteiger partial charge in [-0.25, -0.2) is 9.97 Å². The Morgan fingerprint density at radius 1 is 0.917 bits per heavy atom. The molecular weight excluding hydrogens is 300 g/mol. The number of nitrogens with zero attached hydrogens (tertiary/aromatic N) is 2. The normalized spacial score (nSPS) is 10.2. The van der Waals surface area contributed by atoms with Gasteiger partial charge in [-0.3, -0.25) is 4.79 Å². The second-order valence-corrected chi connectivity index (χ2v) is 5.51. The molecule has 0 bridgehead atoms. The minimum Gasteiger partial charge on any atom is -0.324 e. The lowest BCUT2D eigenvalue weighted by molar-refractivity contribution is 0.102. The average Bonchev–Trinajstić information content (AvgIpc) is 2.59. The number of aromatic nitrogens is 2. The maximum Gasteiger partial charge on any atom is 0.274 e. The first-order chi connectivity index (χ1) is 11.6. The third-order valence-corrected chi connectivity index (χ3v) is 3.68. The minimum absolute atomic E-state index is 0.272. The third kappa shape index (κ3) is 3.76. The van der Waals surface area contributed by atoms with Crippen LogP contribution in [0.2, 0.25) is 0 Å². The molecule has 0 saturated carbocycles. The fraction of sp³-hybridized carbons (Fsp3) is 0.105. The van der Waals surface area contributed by atoms with Crippen molar-refractivity contribution in [3.63, 3.8) is 0 Å². The molecule has 0 spiro atoms. The monoisotopic (exact) mass is 318 g/mol. The Morgan fingerprint density at radius 3 is 2.46 bits per heavy atom. The number of carbonyl (C=O) groups is 1. The van der Waals surface area contributed by atoms with E-state index in [2.05, 4.69) is 27.5 Å². The molecule has 0 unspecified atom stereocenters. The number of hydrogen-bond donors (Lipinski definition) is 2. The summed E-state index contributed by atoms with van der Waals surface area (Å²) in [6.45, 7) is 4.11. The van der Waals surface area contributed by atoms with Gasteiger partial charge in [-0.1, -0.05) is 24.3 Å². The van der Waals surface area contributed by atoms with Crippen LogP contribution in [0.25, 0.3) is 0 Å². The van der Waals surface area contributed by atoms with E-state index in [-0.39, 0.29) is 5.91 Å². The molecule has 1 amide bonds. The number of para-hydroxylation sites is 1. The second-order valence-electron chi connectivity index (χ2n) is 5.51. The van der Waals surface area contributed by atoms with Gasteiger partial charge >= 0.3 is 0 Å². The van der Waals surface area contributed by atoms with Crippen LogP contribution in [-0.4, -0.2) is 15.9 Å². The Kier molecular flexibility index (Phi) is 4.52. The van der Waals surface area contributed by atoms with Gasteiger partial charge in [-0.05, 0) is 55.3 Å². The molecule has 2 N–H and O–H groups in total. The number of rotatable bonds is 4. The standard InChI is InChI=1S/C19H18N4O/c1-13-8-9-16(12-14(13)2)22-19-20-11-10-17(23-19)18(24)21-15-6-4-3-5-7-15/h3-12H,1-2H3,(H,21,24)(H,20,22,23). The first-order valence-corrected chi connectivity index (χ1v) is 7.65. The van der Waals surface area contributed by atoms with Gasteiger partial charge in [0, 0.05) is 17.6 Å². The molecule has 24 heavy (non-hydrogen) atoms. The zero-order valence-electron chi connectivity index (χ0n) is 13.6. The van der Waals surface area contributed by atoms with Crippen LogP contribution in [0.15, 0.2) is 60.8 Å². The lowest BCUT2D eigenvalue weighted by Gasteiger charge is -2.09. The first kappa shape index (κ1) is 15.7. The molecule has 0 saturated heterocycles. The highest BCUT2D eigenvalue weighted by atomic mass is 16.1. The zero-order valence-corrected chi connectivity index (χ0v) is 13.6. The predicted octanol–water partition coefficient (Wildman–Crippen LogP) is 4.09. The summed E-state index contributed by atoms with van der Waals surface area (Å²) in [5.74, 6) is 0.116. The average molecular weight is 318 g/mol. The highest BCUT2D eigenvalue weighted by Crippen LogP contribution is 2.17. The van der Waals surface area contributed by atoms with Crippen molar-refractivity contribution in [2.75, 3.05) is 10.6 Å². The van der Waals surface area contributed by atoms with Gasteiger partial charge in [-0.15, -0.1) is 0 Å². The van der Waals surface area contributed by atoms with Crippen molar-refractivity contribution in [1.82, 2.24) is 9.97 Å². The van der Waals surface area contributed by atoms with E-state index < -0.39 is 0 Å². The molecule has 3 aromatic rings. The van der Waals surface area contributed by atoms with Crippen molar-refractivity contribution in [2.24, 2.45) is 0 Å². The van der Waals surface area contributed by atoms with E-state index in [1.165, 1.54) is 11.1 Å². The number of carbonyl (C=O) groups excluding carboxylic acids is 1. The van der Waals surface area contributed by atoms with Crippen LogP contribution in [0.1, 0.15) is 21.6 Å². The van der Waals surface area contributed by atoms with Crippen LogP contribution >= 0.6 is 0 Å². The summed E-state index contributed by atoms with van der Waals surface area (Å²) in [6.07, 6.45) is 1.57. The molecule has 120 valence electrons. The van der Waals surface area contributed by atoms with Crippen molar-refractivity contribution in [1.29, 1.82) is 0 Å². The van der Waals surface area contributed by atoms with Gasteiger partial charge in [0.1, 0.15) is 5.69 Å². The smallest absolute Gasteiger partial charge is 0.274 e. The van der Waals surface area contributed by atoms with Gasteiger partial charge in [0.15, 0.2) is 0 Å². The molecule has 0 radical (unpaired) electrons. The molecule has 0 aliphatic heterocycles. The van der Waals surface area contributed by atoms with Gasteiger partial charge in [0.25, 0.3) is 5.91 Å². The molecular formula is C19H18N4O. The Hall–Kier alpha value is -3.21. The summed E-state index contributed by atoms with van der Waals surface area (Å²) in [6, 6.07) is 16.9. The van der Waals surface area contributed by atoms with Gasteiger partial charge in [-0.2, -0.15) is 0 Å². The van der Waals surface area contributed by atoms with Crippen LogP contribution in [-0.2, 0) is 0 Å². The third-order valence-electron chi connectivity index (χ3n) is 3.68. The Morgan fingerprint density at radius 2 is 1.71 bits per heavy atom. The van der Waals surface area contributed by atoms with Crippen LogP contribution < -0.4 is 10.6 Å². The number of nitrogens with one attached hydrogen (secondary N) is 2. The summed E-state index contributed by atoms with van der Waals surface area (Å²) >= 11 is 0. The molecule has 0 fully saturated rings. The zero-order chi connectivity index (χ0) is 16.9. The van der Waals surface area contributed by atoms with E-state index in [1.807, 2.05) is 55.5 Å². The molecule has 0 atom stereocenters. The highest BCUT2D eigenvalue weighted by molar-refractivity contribution is 6.02. The van der Waals surface area contributed by atoms with Crippen molar-refractivity contribution in [3.05, 3.63) is 77.6 Å². The van der Waals surface area contributed by atoms with Crippen LogP contribution in [0, 0.1) is 13.8 Å². The number of amides is 1. The van der Waals surface area contributed by atoms with Gasteiger partial charge in [0.05, 0.1) is 0 Å². The Bertz CT molecular complexity index is 862. The Labute approximate surface area is 140 Å². The van der Waals surface area contributed by atoms with Crippen molar-refractivity contribution in [3.8, 4) is 0 Å². The molecule has 5 heteroatoms. The maximum atomic E-state index is 12.3. The van der Waals surface area contributed by atoms with E-state index in [4.69, 9.17) is 0 Å².